The van der Waals surface area contributed by atoms with Crippen LogP contribution in [0.15, 0.2) is 42.6 Å². The predicted octanol–water partition coefficient (Wildman–Crippen LogP) is 1.09. The number of carbonyl (C=O) groups excluding carboxylic acids is 3. The lowest BCUT2D eigenvalue weighted by atomic mass is 10.1. The molecule has 5 N–H and O–H groups in total. The van der Waals surface area contributed by atoms with Crippen LogP contribution in [0.1, 0.15) is 10.4 Å². The fourth-order valence-corrected chi connectivity index (χ4v) is 4.48. The molecule has 12 heteroatoms. The number of nitrogen functional groups attached to an aromatic ring is 1. The minimum Gasteiger partial charge on any atom is -0.385 e. The molecule has 2 aliphatic rings. The van der Waals surface area contributed by atoms with Crippen LogP contribution in [0.5, 0.6) is 0 Å². The Morgan fingerprint density at radius 1 is 1.14 bits per heavy atom. The number of halogens is 1. The van der Waals surface area contributed by atoms with Crippen LogP contribution in [0.2, 0.25) is 0 Å². The van der Waals surface area contributed by atoms with Crippen LogP contribution in [-0.2, 0) is 19.1 Å². The molecule has 2 aromatic carbocycles. The summed E-state index contributed by atoms with van der Waals surface area (Å²) in [5.74, 6) is -2.14. The molecular weight excluding hydrogens is 485 g/mol. The summed E-state index contributed by atoms with van der Waals surface area (Å²) in [4.78, 5) is 44.5. The minimum atomic E-state index is -1.83. The van der Waals surface area contributed by atoms with Crippen molar-refractivity contribution in [3.63, 3.8) is 0 Å². The second-order valence-corrected chi connectivity index (χ2v) is 8.82. The van der Waals surface area contributed by atoms with E-state index in [1.54, 1.807) is 29.3 Å². The van der Waals surface area contributed by atoms with E-state index in [1.165, 1.54) is 11.0 Å². The number of nitrogens with one attached hydrogen (secondary N) is 2. The Bertz CT molecular complexity index is 1350. The van der Waals surface area contributed by atoms with Gasteiger partial charge in [-0.1, -0.05) is 0 Å². The summed E-state index contributed by atoms with van der Waals surface area (Å²) in [6.07, 6.45) is -1.66. The molecule has 2 atom stereocenters. The van der Waals surface area contributed by atoms with Crippen LogP contribution in [0.4, 0.5) is 21.6 Å². The first-order chi connectivity index (χ1) is 17.8. The van der Waals surface area contributed by atoms with E-state index in [4.69, 9.17) is 15.2 Å². The number of morpholine rings is 2. The molecule has 0 radical (unpaired) electrons. The highest BCUT2D eigenvalue weighted by Crippen LogP contribution is 2.26. The van der Waals surface area contributed by atoms with E-state index < -0.39 is 29.8 Å². The first-order valence-corrected chi connectivity index (χ1v) is 11.8. The van der Waals surface area contributed by atoms with Gasteiger partial charge in [-0.3, -0.25) is 14.4 Å². The number of hydrogen-bond acceptors (Lipinski definition) is 7. The van der Waals surface area contributed by atoms with E-state index in [-0.39, 0.29) is 30.3 Å². The third kappa shape index (κ3) is 4.99. The molecule has 1 aromatic heterocycles. The molecule has 194 valence electrons. The van der Waals surface area contributed by atoms with E-state index in [1.807, 2.05) is 0 Å². The molecule has 3 amide bonds. The SMILES string of the molecule is Nc1[nH]cc2cc(NC(=O)[C@H](O)[C@H]3OCCN(c4cc(F)cc(C(=O)N5CCOCC5)c4)C3=O)ccc12. The van der Waals surface area contributed by atoms with Crippen molar-refractivity contribution in [2.45, 2.75) is 12.2 Å². The zero-order valence-electron chi connectivity index (χ0n) is 19.8. The summed E-state index contributed by atoms with van der Waals surface area (Å²) in [6, 6.07) is 8.66. The monoisotopic (exact) mass is 511 g/mol. The Hall–Kier alpha value is -4.00. The number of anilines is 3. The van der Waals surface area contributed by atoms with Gasteiger partial charge in [-0.15, -0.1) is 0 Å². The van der Waals surface area contributed by atoms with Gasteiger partial charge in [0, 0.05) is 53.5 Å². The van der Waals surface area contributed by atoms with Gasteiger partial charge in [0.1, 0.15) is 11.6 Å². The van der Waals surface area contributed by atoms with Crippen LogP contribution in [-0.4, -0.2) is 84.4 Å². The highest BCUT2D eigenvalue weighted by atomic mass is 19.1. The number of hydrogen-bond donors (Lipinski definition) is 4. The summed E-state index contributed by atoms with van der Waals surface area (Å²) in [5, 5.41) is 14.8. The number of benzene rings is 2. The maximum atomic E-state index is 14.5. The van der Waals surface area contributed by atoms with E-state index in [0.717, 1.165) is 22.9 Å². The number of aromatic nitrogens is 1. The van der Waals surface area contributed by atoms with E-state index in [0.29, 0.717) is 37.8 Å². The van der Waals surface area contributed by atoms with Gasteiger partial charge in [0.25, 0.3) is 17.7 Å². The number of ether oxygens (including phenoxy) is 2. The van der Waals surface area contributed by atoms with Crippen LogP contribution >= 0.6 is 0 Å². The van der Waals surface area contributed by atoms with Gasteiger partial charge in [-0.25, -0.2) is 4.39 Å². The van der Waals surface area contributed by atoms with Crippen molar-refractivity contribution >= 4 is 45.7 Å². The lowest BCUT2D eigenvalue weighted by Gasteiger charge is -2.34. The summed E-state index contributed by atoms with van der Waals surface area (Å²) >= 11 is 0. The van der Waals surface area contributed by atoms with Crippen LogP contribution in [0.3, 0.4) is 0 Å². The molecule has 2 saturated heterocycles. The minimum absolute atomic E-state index is 0.00140. The van der Waals surface area contributed by atoms with E-state index in [2.05, 4.69) is 10.3 Å². The number of aliphatic hydroxyl groups is 1. The van der Waals surface area contributed by atoms with Crippen molar-refractivity contribution in [2.75, 3.05) is 55.4 Å². The molecule has 37 heavy (non-hydrogen) atoms. The predicted molar refractivity (Wildman–Crippen MR) is 133 cm³/mol. The van der Waals surface area contributed by atoms with Gasteiger partial charge in [-0.05, 0) is 36.4 Å². The Morgan fingerprint density at radius 2 is 1.92 bits per heavy atom. The number of rotatable bonds is 5. The highest BCUT2D eigenvalue weighted by molar-refractivity contribution is 6.05. The summed E-state index contributed by atoms with van der Waals surface area (Å²) < 4.78 is 25.2. The van der Waals surface area contributed by atoms with Crippen molar-refractivity contribution < 1.29 is 33.4 Å². The topological polar surface area (TPSA) is 150 Å². The second-order valence-electron chi connectivity index (χ2n) is 8.82. The molecule has 11 nitrogen and oxygen atoms in total. The van der Waals surface area contributed by atoms with Gasteiger partial charge in [0.05, 0.1) is 19.8 Å². The van der Waals surface area contributed by atoms with Gasteiger partial charge in [0.2, 0.25) is 0 Å². The average Bonchev–Trinajstić information content (AvgIpc) is 3.27. The van der Waals surface area contributed by atoms with E-state index in [9.17, 15) is 23.9 Å². The molecule has 0 aliphatic carbocycles. The number of H-pyrrole nitrogens is 1. The largest absolute Gasteiger partial charge is 0.385 e. The number of fused-ring (bicyclic) bond motifs is 1. The number of amides is 3. The third-order valence-corrected chi connectivity index (χ3v) is 6.41. The molecule has 3 aromatic rings. The zero-order valence-corrected chi connectivity index (χ0v) is 19.8. The Labute approximate surface area is 210 Å². The maximum Gasteiger partial charge on any atom is 0.259 e. The molecule has 2 fully saturated rings. The van der Waals surface area contributed by atoms with Crippen molar-refractivity contribution in [1.29, 1.82) is 0 Å². The van der Waals surface area contributed by atoms with Crippen molar-refractivity contribution in [2.24, 2.45) is 0 Å². The summed E-state index contributed by atoms with van der Waals surface area (Å²) in [5.41, 5.74) is 6.45. The standard InChI is InChI=1S/C25H26FN5O6/c26-16-9-14(24(34)30-3-6-36-7-4-30)11-18(12-16)31-5-8-37-21(25(31)35)20(32)23(33)29-17-1-2-19-15(10-17)13-28-22(19)27/h1-2,9-13,20-21,28,32H,3-8,27H2,(H,29,33)/t20-,21-/m1/s1. The number of aliphatic hydroxyl groups excluding tert-OH is 1. The molecule has 3 heterocycles. The smallest absolute Gasteiger partial charge is 0.259 e. The molecule has 2 aliphatic heterocycles. The fourth-order valence-electron chi connectivity index (χ4n) is 4.48. The summed E-state index contributed by atoms with van der Waals surface area (Å²) in [6.45, 7) is 1.61. The van der Waals surface area contributed by atoms with Crippen LogP contribution < -0.4 is 16.0 Å². The normalized spacial score (nSPS) is 19.2. The van der Waals surface area contributed by atoms with Crippen molar-refractivity contribution in [3.8, 4) is 0 Å². The van der Waals surface area contributed by atoms with Crippen molar-refractivity contribution in [1.82, 2.24) is 9.88 Å². The lowest BCUT2D eigenvalue weighted by Crippen LogP contribution is -2.55. The number of nitrogens with two attached hydrogens (primary N) is 1. The maximum absolute atomic E-state index is 14.5. The van der Waals surface area contributed by atoms with E-state index >= 15 is 0 Å². The van der Waals surface area contributed by atoms with Gasteiger partial charge in [0.15, 0.2) is 12.2 Å². The molecular formula is C25H26FN5O6. The fraction of sp³-hybridized carbons (Fsp3) is 0.320. The Balaban J connectivity index is 1.31. The third-order valence-electron chi connectivity index (χ3n) is 6.41. The molecule has 0 bridgehead atoms. The molecule has 0 unspecified atom stereocenters. The van der Waals surface area contributed by atoms with Crippen LogP contribution in [0, 0.1) is 5.82 Å². The Morgan fingerprint density at radius 3 is 2.70 bits per heavy atom. The average molecular weight is 512 g/mol. The number of aromatic amines is 1. The number of nitrogens with zero attached hydrogens (tertiary/aromatic N) is 2. The first-order valence-electron chi connectivity index (χ1n) is 11.8. The number of carbonyl (C=O) groups is 3. The van der Waals surface area contributed by atoms with Gasteiger partial charge < -0.3 is 40.4 Å². The molecule has 0 spiro atoms. The quantitative estimate of drug-likeness (QED) is 0.401. The summed E-state index contributed by atoms with van der Waals surface area (Å²) in [7, 11) is 0. The lowest BCUT2D eigenvalue weighted by molar-refractivity contribution is -0.150. The van der Waals surface area contributed by atoms with Gasteiger partial charge in [-0.2, -0.15) is 0 Å². The molecule has 5 rings (SSSR count). The molecule has 0 saturated carbocycles. The second kappa shape index (κ2) is 10.2. The first kappa shape index (κ1) is 24.7. The van der Waals surface area contributed by atoms with Crippen LogP contribution in [0.25, 0.3) is 10.8 Å². The zero-order chi connectivity index (χ0) is 26.1. The van der Waals surface area contributed by atoms with Crippen molar-refractivity contribution in [3.05, 3.63) is 54.0 Å². The highest BCUT2D eigenvalue weighted by Gasteiger charge is 2.39. The Kier molecular flexibility index (Phi) is 6.78. The van der Waals surface area contributed by atoms with Gasteiger partial charge >= 0.3 is 0 Å².